The van der Waals surface area contributed by atoms with E-state index in [0.29, 0.717) is 34.8 Å². The van der Waals surface area contributed by atoms with Crippen LogP contribution in [0.4, 0.5) is 5.13 Å². The summed E-state index contributed by atoms with van der Waals surface area (Å²) in [5.74, 6) is -1.01. The normalized spacial score (nSPS) is 19.9. The Morgan fingerprint density at radius 2 is 1.97 bits per heavy atom. The molecule has 0 spiro atoms. The van der Waals surface area contributed by atoms with Gasteiger partial charge in [-0.15, -0.1) is 0 Å². The maximum absolute atomic E-state index is 13.6. The maximum Gasteiger partial charge on any atom is 0.301 e. The van der Waals surface area contributed by atoms with Crippen molar-refractivity contribution in [2.45, 2.75) is 39.3 Å². The van der Waals surface area contributed by atoms with E-state index in [-0.39, 0.29) is 28.9 Å². The highest BCUT2D eigenvalue weighted by molar-refractivity contribution is 7.22. The van der Waals surface area contributed by atoms with Crippen LogP contribution in [0.1, 0.15) is 42.1 Å². The van der Waals surface area contributed by atoms with Gasteiger partial charge in [0.2, 0.25) is 0 Å². The molecule has 6 rings (SSSR count). The molecule has 39 heavy (non-hydrogen) atoms. The summed E-state index contributed by atoms with van der Waals surface area (Å²) >= 11 is 1.30. The van der Waals surface area contributed by atoms with Crippen LogP contribution in [-0.4, -0.2) is 39.6 Å². The number of aliphatic hydroxyl groups excluding tert-OH is 1. The van der Waals surface area contributed by atoms with Gasteiger partial charge in [-0.2, -0.15) is 0 Å². The third-order valence-corrected chi connectivity index (χ3v) is 7.97. The molecule has 1 fully saturated rings. The first-order valence-electron chi connectivity index (χ1n) is 12.7. The number of rotatable bonds is 5. The first-order valence-corrected chi connectivity index (χ1v) is 13.5. The van der Waals surface area contributed by atoms with Crippen LogP contribution in [0.15, 0.2) is 60.2 Å². The second kappa shape index (κ2) is 9.43. The molecular weight excluding hydrogens is 516 g/mol. The van der Waals surface area contributed by atoms with Crippen molar-refractivity contribution in [3.8, 4) is 17.2 Å². The van der Waals surface area contributed by atoms with E-state index >= 15 is 0 Å². The minimum absolute atomic E-state index is 0.0135. The summed E-state index contributed by atoms with van der Waals surface area (Å²) in [6, 6.07) is 14.7. The highest BCUT2D eigenvalue weighted by atomic mass is 32.1. The Morgan fingerprint density at radius 1 is 1.15 bits per heavy atom. The van der Waals surface area contributed by atoms with Crippen molar-refractivity contribution in [3.05, 3.63) is 82.4 Å². The number of hydrogen-bond acceptors (Lipinski definition) is 8. The first-order chi connectivity index (χ1) is 18.7. The molecule has 4 aromatic rings. The van der Waals surface area contributed by atoms with Gasteiger partial charge < -0.3 is 19.7 Å². The van der Waals surface area contributed by atoms with Crippen molar-refractivity contribution in [1.82, 2.24) is 4.98 Å². The van der Waals surface area contributed by atoms with Crippen LogP contribution in [0.3, 0.4) is 0 Å². The number of phenolic OH excluding ortho intramolecular Hbond substituents is 1. The van der Waals surface area contributed by atoms with Crippen LogP contribution < -0.4 is 14.4 Å². The molecule has 0 bridgehead atoms. The predicted octanol–water partition coefficient (Wildman–Crippen LogP) is 5.66. The smallest absolute Gasteiger partial charge is 0.301 e. The molecule has 2 aliphatic rings. The summed E-state index contributed by atoms with van der Waals surface area (Å²) in [5, 5.41) is 22.2. The van der Waals surface area contributed by atoms with Crippen molar-refractivity contribution in [1.29, 1.82) is 0 Å². The van der Waals surface area contributed by atoms with Crippen molar-refractivity contribution in [2.75, 3.05) is 11.5 Å². The standard InChI is InChI=1S/C30H26N2O6S/c1-4-37-23-14-17(6-9-21(23)33)26-25(27(34)18-7-10-22-19(13-18)12-16(3)38-22)28(35)29(36)32(26)30-31-20-8-5-15(2)11-24(20)39-30/h5-11,13-14,16,26,33-34H,4,12H2,1-3H3/b27-25+/t16-,26+/m0/s1. The average Bonchev–Trinajstić information content (AvgIpc) is 3.57. The molecule has 1 saturated heterocycles. The summed E-state index contributed by atoms with van der Waals surface area (Å²) < 4.78 is 12.2. The van der Waals surface area contributed by atoms with E-state index in [4.69, 9.17) is 9.47 Å². The Morgan fingerprint density at radius 3 is 2.77 bits per heavy atom. The number of benzene rings is 3. The number of Topliss-reactive ketones (excluding diaryl/α,β-unsaturated/α-hetero) is 1. The van der Waals surface area contributed by atoms with Gasteiger partial charge in [-0.1, -0.05) is 23.5 Å². The van der Waals surface area contributed by atoms with E-state index < -0.39 is 17.7 Å². The summed E-state index contributed by atoms with van der Waals surface area (Å²) in [6.07, 6.45) is 0.689. The molecule has 2 N–H and O–H groups in total. The molecule has 0 unspecified atom stereocenters. The summed E-state index contributed by atoms with van der Waals surface area (Å²) in [6.45, 7) is 6.04. The van der Waals surface area contributed by atoms with Gasteiger partial charge in [-0.25, -0.2) is 4.98 Å². The van der Waals surface area contributed by atoms with Crippen LogP contribution in [-0.2, 0) is 16.0 Å². The first kappa shape index (κ1) is 24.9. The highest BCUT2D eigenvalue weighted by Gasteiger charge is 2.48. The van der Waals surface area contributed by atoms with Gasteiger partial charge in [-0.05, 0) is 79.9 Å². The fourth-order valence-electron chi connectivity index (χ4n) is 5.16. The minimum atomic E-state index is -0.991. The Hall–Kier alpha value is -4.37. The van der Waals surface area contributed by atoms with Gasteiger partial charge in [0.25, 0.3) is 5.78 Å². The molecule has 198 valence electrons. The molecular formula is C30H26N2O6S. The predicted molar refractivity (Wildman–Crippen MR) is 149 cm³/mol. The number of fused-ring (bicyclic) bond motifs is 2. The number of aromatic hydroxyl groups is 1. The zero-order valence-corrected chi connectivity index (χ0v) is 22.4. The lowest BCUT2D eigenvalue weighted by atomic mass is 9.94. The van der Waals surface area contributed by atoms with Crippen molar-refractivity contribution < 1.29 is 29.3 Å². The van der Waals surface area contributed by atoms with Crippen LogP contribution in [0.25, 0.3) is 16.0 Å². The summed E-state index contributed by atoms with van der Waals surface area (Å²) in [4.78, 5) is 33.2. The second-order valence-electron chi connectivity index (χ2n) is 9.75. The Kier molecular flexibility index (Phi) is 6.03. The van der Waals surface area contributed by atoms with Crippen molar-refractivity contribution >= 4 is 44.1 Å². The summed E-state index contributed by atoms with van der Waals surface area (Å²) in [5.41, 5.74) is 3.52. The lowest BCUT2D eigenvalue weighted by molar-refractivity contribution is -0.132. The molecule has 2 atom stereocenters. The molecule has 0 aliphatic carbocycles. The van der Waals surface area contributed by atoms with E-state index in [2.05, 4.69) is 4.98 Å². The number of aryl methyl sites for hydroxylation is 1. The molecule has 3 heterocycles. The zero-order chi connectivity index (χ0) is 27.4. The number of hydrogen-bond donors (Lipinski definition) is 2. The minimum Gasteiger partial charge on any atom is -0.507 e. The van der Waals surface area contributed by atoms with E-state index in [0.717, 1.165) is 21.6 Å². The molecule has 8 nitrogen and oxygen atoms in total. The maximum atomic E-state index is 13.6. The largest absolute Gasteiger partial charge is 0.507 e. The topological polar surface area (TPSA) is 109 Å². The van der Waals surface area contributed by atoms with E-state index in [1.165, 1.54) is 22.3 Å². The molecule has 0 saturated carbocycles. The van der Waals surface area contributed by atoms with Crippen molar-refractivity contribution in [2.24, 2.45) is 0 Å². The van der Waals surface area contributed by atoms with Crippen molar-refractivity contribution in [3.63, 3.8) is 0 Å². The van der Waals surface area contributed by atoms with Gasteiger partial charge >= 0.3 is 5.91 Å². The number of aromatic nitrogens is 1. The quantitative estimate of drug-likeness (QED) is 0.190. The lowest BCUT2D eigenvalue weighted by Crippen LogP contribution is -2.29. The van der Waals surface area contributed by atoms with Crippen LogP contribution >= 0.6 is 11.3 Å². The number of phenols is 1. The van der Waals surface area contributed by atoms with Gasteiger partial charge in [0.15, 0.2) is 16.6 Å². The Balaban J connectivity index is 1.55. The summed E-state index contributed by atoms with van der Waals surface area (Å²) in [7, 11) is 0. The third-order valence-electron chi connectivity index (χ3n) is 6.95. The highest BCUT2D eigenvalue weighted by Crippen LogP contribution is 2.46. The number of ketones is 1. The fourth-order valence-corrected chi connectivity index (χ4v) is 6.26. The number of thiazole rings is 1. The average molecular weight is 543 g/mol. The zero-order valence-electron chi connectivity index (χ0n) is 21.6. The van der Waals surface area contributed by atoms with E-state index in [1.54, 1.807) is 37.3 Å². The molecule has 1 aromatic heterocycles. The number of ether oxygens (including phenoxy) is 2. The van der Waals surface area contributed by atoms with E-state index in [9.17, 15) is 19.8 Å². The number of carbonyl (C=O) groups excluding carboxylic acids is 2. The molecule has 1 amide bonds. The van der Waals surface area contributed by atoms with Gasteiger partial charge in [-0.3, -0.25) is 14.5 Å². The van der Waals surface area contributed by atoms with Gasteiger partial charge in [0.1, 0.15) is 17.6 Å². The van der Waals surface area contributed by atoms with Crippen LogP contribution in [0.2, 0.25) is 0 Å². The van der Waals surface area contributed by atoms with E-state index in [1.807, 2.05) is 32.0 Å². The molecule has 9 heteroatoms. The van der Waals surface area contributed by atoms with Crippen LogP contribution in [0, 0.1) is 6.92 Å². The monoisotopic (exact) mass is 542 g/mol. The lowest BCUT2D eigenvalue weighted by Gasteiger charge is -2.23. The number of amides is 1. The number of anilines is 1. The molecule has 0 radical (unpaired) electrons. The number of nitrogens with zero attached hydrogens (tertiary/aromatic N) is 2. The Bertz CT molecular complexity index is 1690. The molecule has 2 aliphatic heterocycles. The fraction of sp³-hybridized carbons (Fsp3) is 0.233. The molecule has 3 aromatic carbocycles. The second-order valence-corrected chi connectivity index (χ2v) is 10.8. The Labute approximate surface area is 228 Å². The van der Waals surface area contributed by atoms with Gasteiger partial charge in [0.05, 0.1) is 28.4 Å². The van der Waals surface area contributed by atoms with Gasteiger partial charge in [0, 0.05) is 12.0 Å². The van der Waals surface area contributed by atoms with Crippen LogP contribution in [0.5, 0.6) is 17.2 Å². The number of carbonyl (C=O) groups is 2. The number of aliphatic hydroxyl groups is 1. The SMILES string of the molecule is CCOc1cc([C@@H]2/C(=C(\O)c3ccc4c(c3)C[C@H](C)O4)C(=O)C(=O)N2c2nc3ccc(C)cc3s2)ccc1O. The third kappa shape index (κ3) is 4.19.